The lowest BCUT2D eigenvalue weighted by Crippen LogP contribution is -2.18. The van der Waals surface area contributed by atoms with Crippen LogP contribution in [-0.4, -0.2) is 34.0 Å². The van der Waals surface area contributed by atoms with E-state index >= 15 is 0 Å². The molecular weight excluding hydrogens is 348 g/mol. The fourth-order valence-electron chi connectivity index (χ4n) is 3.72. The number of hydrogen-bond acceptors (Lipinski definition) is 4. The van der Waals surface area contributed by atoms with E-state index in [1.807, 2.05) is 35.1 Å². The maximum Gasteiger partial charge on any atom is 0.0988 e. The van der Waals surface area contributed by atoms with Gasteiger partial charge in [0.1, 0.15) is 0 Å². The number of nitrogens with one attached hydrogen (secondary N) is 1. The molecule has 28 heavy (non-hydrogen) atoms. The van der Waals surface area contributed by atoms with Crippen LogP contribution in [0, 0.1) is 0 Å². The predicted molar refractivity (Wildman–Crippen MR) is 111 cm³/mol. The molecule has 1 aliphatic carbocycles. The molecule has 0 bridgehead atoms. The summed E-state index contributed by atoms with van der Waals surface area (Å²) < 4.78 is 7.89. The molecule has 3 aromatic rings. The van der Waals surface area contributed by atoms with Crippen molar-refractivity contribution in [2.24, 2.45) is 0 Å². The van der Waals surface area contributed by atoms with Crippen LogP contribution < -0.4 is 5.32 Å². The molecule has 1 N–H and O–H groups in total. The summed E-state index contributed by atoms with van der Waals surface area (Å²) in [5.41, 5.74) is 4.25. The van der Waals surface area contributed by atoms with E-state index in [0.29, 0.717) is 6.10 Å². The minimum atomic E-state index is 0.501. The Morgan fingerprint density at radius 1 is 1.07 bits per heavy atom. The minimum absolute atomic E-state index is 0.501. The number of pyridine rings is 1. The number of ether oxygens (including phenoxy) is 1. The monoisotopic (exact) mass is 376 g/mol. The van der Waals surface area contributed by atoms with E-state index in [2.05, 4.69) is 34.7 Å². The topological polar surface area (TPSA) is 52.0 Å². The van der Waals surface area contributed by atoms with Gasteiger partial charge in [-0.2, -0.15) is 5.10 Å². The first-order valence-electron chi connectivity index (χ1n) is 10.3. The molecule has 0 atom stereocenters. The first-order chi connectivity index (χ1) is 13.9. The van der Waals surface area contributed by atoms with Crippen molar-refractivity contribution in [2.45, 2.75) is 44.8 Å². The van der Waals surface area contributed by atoms with Crippen molar-refractivity contribution in [3.05, 3.63) is 66.6 Å². The van der Waals surface area contributed by atoms with Crippen molar-refractivity contribution >= 4 is 0 Å². The number of aromatic nitrogens is 3. The van der Waals surface area contributed by atoms with E-state index in [1.165, 1.54) is 31.2 Å². The number of nitrogens with zero attached hydrogens (tertiary/aromatic N) is 3. The molecule has 146 valence electrons. The molecule has 1 aromatic carbocycles. The summed E-state index contributed by atoms with van der Waals surface area (Å²) in [6, 6.07) is 14.2. The van der Waals surface area contributed by atoms with Gasteiger partial charge in [0.05, 0.1) is 17.5 Å². The molecule has 0 radical (unpaired) electrons. The van der Waals surface area contributed by atoms with Crippen LogP contribution in [-0.2, 0) is 11.3 Å². The second-order valence-electron chi connectivity index (χ2n) is 7.33. The molecule has 0 spiro atoms. The molecule has 5 nitrogen and oxygen atoms in total. The van der Waals surface area contributed by atoms with Crippen LogP contribution in [0.5, 0.6) is 0 Å². The van der Waals surface area contributed by atoms with E-state index in [-0.39, 0.29) is 0 Å². The summed E-state index contributed by atoms with van der Waals surface area (Å²) in [5.74, 6) is 0. The van der Waals surface area contributed by atoms with Crippen LogP contribution in [0.2, 0.25) is 0 Å². The quantitative estimate of drug-likeness (QED) is 0.563. The van der Waals surface area contributed by atoms with E-state index < -0.39 is 0 Å². The Hall–Kier alpha value is -2.50. The summed E-state index contributed by atoms with van der Waals surface area (Å²) in [4.78, 5) is 4.26. The Bertz CT molecular complexity index is 842. The Labute approximate surface area is 166 Å². The number of benzene rings is 1. The van der Waals surface area contributed by atoms with Gasteiger partial charge in [-0.3, -0.25) is 4.98 Å². The van der Waals surface area contributed by atoms with Crippen molar-refractivity contribution in [1.29, 1.82) is 0 Å². The Morgan fingerprint density at radius 2 is 1.93 bits per heavy atom. The summed E-state index contributed by atoms with van der Waals surface area (Å²) >= 11 is 0. The van der Waals surface area contributed by atoms with Crippen LogP contribution in [0.15, 0.2) is 61.1 Å². The molecule has 5 heteroatoms. The Balaban J connectivity index is 1.38. The van der Waals surface area contributed by atoms with Gasteiger partial charge in [0, 0.05) is 42.9 Å². The Morgan fingerprint density at radius 3 is 2.71 bits per heavy atom. The van der Waals surface area contributed by atoms with Crippen molar-refractivity contribution in [3.8, 4) is 16.9 Å². The van der Waals surface area contributed by atoms with E-state index in [1.54, 1.807) is 6.20 Å². The number of para-hydroxylation sites is 1. The van der Waals surface area contributed by atoms with E-state index in [0.717, 1.165) is 43.1 Å². The predicted octanol–water partition coefficient (Wildman–Crippen LogP) is 4.37. The summed E-state index contributed by atoms with van der Waals surface area (Å²) in [7, 11) is 0. The lowest BCUT2D eigenvalue weighted by molar-refractivity contribution is 0.0568. The second kappa shape index (κ2) is 9.62. The third kappa shape index (κ3) is 4.86. The zero-order valence-corrected chi connectivity index (χ0v) is 16.3. The molecule has 0 unspecified atom stereocenters. The molecule has 1 fully saturated rings. The number of rotatable bonds is 9. The molecule has 0 aliphatic heterocycles. The van der Waals surface area contributed by atoms with E-state index in [4.69, 9.17) is 9.84 Å². The lowest BCUT2D eigenvalue weighted by Gasteiger charge is -2.11. The standard InChI is InChI=1S/C23H28N4O/c1-2-9-21(10-3-1)27-18-20(23(26-27)19-8-6-13-24-16-19)17-25-14-7-15-28-22-11-4-5-12-22/h1-3,6,8-10,13,16,18,22,25H,4-5,7,11-12,14-15,17H2. The van der Waals surface area contributed by atoms with Gasteiger partial charge in [-0.15, -0.1) is 0 Å². The molecule has 4 rings (SSSR count). The van der Waals surface area contributed by atoms with Crippen LogP contribution in [0.4, 0.5) is 0 Å². The minimum Gasteiger partial charge on any atom is -0.378 e. The second-order valence-corrected chi connectivity index (χ2v) is 7.33. The van der Waals surface area contributed by atoms with Gasteiger partial charge in [0.25, 0.3) is 0 Å². The molecule has 0 saturated heterocycles. The van der Waals surface area contributed by atoms with Gasteiger partial charge in [-0.05, 0) is 50.1 Å². The maximum absolute atomic E-state index is 5.95. The van der Waals surface area contributed by atoms with Gasteiger partial charge in [0.15, 0.2) is 0 Å². The first-order valence-corrected chi connectivity index (χ1v) is 10.3. The van der Waals surface area contributed by atoms with Crippen LogP contribution >= 0.6 is 0 Å². The fraction of sp³-hybridized carbons (Fsp3) is 0.391. The lowest BCUT2D eigenvalue weighted by atomic mass is 10.1. The smallest absolute Gasteiger partial charge is 0.0988 e. The summed E-state index contributed by atoms with van der Waals surface area (Å²) in [5, 5.41) is 8.38. The Kier molecular flexibility index (Phi) is 6.48. The molecule has 0 amide bonds. The average molecular weight is 377 g/mol. The van der Waals surface area contributed by atoms with Gasteiger partial charge in [0.2, 0.25) is 0 Å². The van der Waals surface area contributed by atoms with Gasteiger partial charge >= 0.3 is 0 Å². The first kappa shape index (κ1) is 18.8. The normalized spacial score (nSPS) is 14.6. The highest BCUT2D eigenvalue weighted by Crippen LogP contribution is 2.23. The third-order valence-corrected chi connectivity index (χ3v) is 5.21. The van der Waals surface area contributed by atoms with Crippen molar-refractivity contribution in [2.75, 3.05) is 13.2 Å². The largest absolute Gasteiger partial charge is 0.378 e. The van der Waals surface area contributed by atoms with Gasteiger partial charge < -0.3 is 10.1 Å². The third-order valence-electron chi connectivity index (χ3n) is 5.21. The summed E-state index contributed by atoms with van der Waals surface area (Å²) in [6.45, 7) is 2.56. The zero-order valence-electron chi connectivity index (χ0n) is 16.3. The highest BCUT2D eigenvalue weighted by atomic mass is 16.5. The van der Waals surface area contributed by atoms with Gasteiger partial charge in [-0.1, -0.05) is 31.0 Å². The van der Waals surface area contributed by atoms with Crippen LogP contribution in [0.1, 0.15) is 37.7 Å². The SMILES string of the molecule is c1ccc(-n2cc(CNCCCOC3CCCC3)c(-c3cccnc3)n2)cc1. The van der Waals surface area contributed by atoms with Gasteiger partial charge in [-0.25, -0.2) is 4.68 Å². The number of hydrogen-bond donors (Lipinski definition) is 1. The van der Waals surface area contributed by atoms with Crippen molar-refractivity contribution in [1.82, 2.24) is 20.1 Å². The maximum atomic E-state index is 5.95. The molecular formula is C23H28N4O. The van der Waals surface area contributed by atoms with Crippen LogP contribution in [0.3, 0.4) is 0 Å². The zero-order chi connectivity index (χ0) is 19.0. The highest BCUT2D eigenvalue weighted by molar-refractivity contribution is 5.62. The fourth-order valence-corrected chi connectivity index (χ4v) is 3.72. The van der Waals surface area contributed by atoms with E-state index in [9.17, 15) is 0 Å². The molecule has 1 saturated carbocycles. The average Bonchev–Trinajstić information content (AvgIpc) is 3.42. The van der Waals surface area contributed by atoms with Crippen molar-refractivity contribution < 1.29 is 4.74 Å². The molecule has 1 aliphatic rings. The van der Waals surface area contributed by atoms with Crippen LogP contribution in [0.25, 0.3) is 16.9 Å². The highest BCUT2D eigenvalue weighted by Gasteiger charge is 2.15. The molecule has 2 heterocycles. The van der Waals surface area contributed by atoms with Crippen molar-refractivity contribution in [3.63, 3.8) is 0 Å². The molecule has 2 aromatic heterocycles. The summed E-state index contributed by atoms with van der Waals surface area (Å²) in [6.07, 6.45) is 12.4.